The average Bonchev–Trinajstić information content (AvgIpc) is 2.74. The molecular formula is C14H21Cl2N5. The van der Waals surface area contributed by atoms with E-state index >= 15 is 0 Å². The van der Waals surface area contributed by atoms with E-state index < -0.39 is 5.66 Å². The van der Waals surface area contributed by atoms with E-state index in [1.165, 1.54) is 5.56 Å². The first-order valence-electron chi connectivity index (χ1n) is 6.08. The number of aryl methyl sites for hydroxylation is 1. The molecule has 3 rings (SSSR count). The van der Waals surface area contributed by atoms with Crippen LogP contribution in [0.5, 0.6) is 0 Å². The molecule has 0 fully saturated rings. The number of allylic oxidation sites excluding steroid dienone is 3. The van der Waals surface area contributed by atoms with Crippen LogP contribution in [0.4, 0.5) is 0 Å². The third kappa shape index (κ3) is 4.56. The molecular weight excluding hydrogens is 309 g/mol. The van der Waals surface area contributed by atoms with Gasteiger partial charge in [0.25, 0.3) is 0 Å². The van der Waals surface area contributed by atoms with Crippen molar-refractivity contribution < 1.29 is 0 Å². The van der Waals surface area contributed by atoms with Gasteiger partial charge in [-0.1, -0.05) is 12.1 Å². The molecule has 0 bridgehead atoms. The van der Waals surface area contributed by atoms with E-state index in [1.807, 2.05) is 41.7 Å². The molecule has 3 heterocycles. The Morgan fingerprint density at radius 2 is 2.10 bits per heavy atom. The largest absolute Gasteiger partial charge is 0.344 e. The number of hydrogen-bond acceptors (Lipinski definition) is 5. The van der Waals surface area contributed by atoms with Gasteiger partial charge in [0.15, 0.2) is 0 Å². The number of hydrogen-bond donors (Lipinski definition) is 3. The maximum absolute atomic E-state index is 6.35. The minimum absolute atomic E-state index is 0. The predicted octanol–water partition coefficient (Wildman–Crippen LogP) is 2.46. The van der Waals surface area contributed by atoms with Gasteiger partial charge in [-0.2, -0.15) is 0 Å². The van der Waals surface area contributed by atoms with Crippen LogP contribution < -0.4 is 17.3 Å². The lowest BCUT2D eigenvalue weighted by atomic mass is 10.0. The lowest BCUT2D eigenvalue weighted by molar-refractivity contribution is 0.262. The molecule has 1 unspecified atom stereocenters. The number of nitrogens with two attached hydrogens (primary N) is 1. The number of hydrazine groups is 1. The van der Waals surface area contributed by atoms with Crippen molar-refractivity contribution in [3.05, 3.63) is 66.3 Å². The number of pyridine rings is 1. The Morgan fingerprint density at radius 1 is 1.29 bits per heavy atom. The minimum atomic E-state index is -0.482. The molecule has 0 aliphatic carbocycles. The topological polar surface area (TPSA) is 89.2 Å². The zero-order chi connectivity index (χ0) is 12.4. The van der Waals surface area contributed by atoms with Gasteiger partial charge in [0.05, 0.1) is 5.70 Å². The van der Waals surface area contributed by atoms with Crippen molar-refractivity contribution in [2.24, 2.45) is 5.73 Å². The van der Waals surface area contributed by atoms with Gasteiger partial charge in [-0.3, -0.25) is 9.99 Å². The van der Waals surface area contributed by atoms with E-state index in [2.05, 4.69) is 22.6 Å². The number of halogens is 2. The molecule has 6 N–H and O–H groups in total. The van der Waals surface area contributed by atoms with E-state index in [0.717, 1.165) is 18.5 Å². The smallest absolute Gasteiger partial charge is 0.106 e. The van der Waals surface area contributed by atoms with Gasteiger partial charge >= 0.3 is 0 Å². The molecule has 21 heavy (non-hydrogen) atoms. The van der Waals surface area contributed by atoms with Crippen molar-refractivity contribution in [1.29, 1.82) is 0 Å². The van der Waals surface area contributed by atoms with Crippen LogP contribution >= 0.6 is 24.8 Å². The molecule has 116 valence electrons. The average molecular weight is 330 g/mol. The Bertz CT molecular complexity index is 529. The van der Waals surface area contributed by atoms with Crippen LogP contribution in [0, 0.1) is 0 Å². The zero-order valence-electron chi connectivity index (χ0n) is 11.6. The van der Waals surface area contributed by atoms with Gasteiger partial charge in [-0.15, -0.1) is 24.8 Å². The minimum Gasteiger partial charge on any atom is -0.344 e. The summed E-state index contributed by atoms with van der Waals surface area (Å²) in [5, 5.41) is 1.96. The van der Waals surface area contributed by atoms with Crippen molar-refractivity contribution in [2.75, 3.05) is 0 Å². The van der Waals surface area contributed by atoms with Gasteiger partial charge in [-0.25, -0.2) is 5.43 Å². The summed E-state index contributed by atoms with van der Waals surface area (Å²) in [6.07, 6.45) is 15.5. The van der Waals surface area contributed by atoms with Gasteiger partial charge in [0.1, 0.15) is 5.66 Å². The third-order valence-electron chi connectivity index (χ3n) is 3.18. The van der Waals surface area contributed by atoms with E-state index in [4.69, 9.17) is 5.73 Å². The van der Waals surface area contributed by atoms with E-state index in [-0.39, 0.29) is 31.0 Å². The number of nitrogens with zero attached hydrogens (tertiary/aromatic N) is 2. The first-order chi connectivity index (χ1) is 8.75. The molecule has 2 aliphatic heterocycles. The summed E-state index contributed by atoms with van der Waals surface area (Å²) in [5.41, 5.74) is 11.5. The Morgan fingerprint density at radius 3 is 2.76 bits per heavy atom. The maximum Gasteiger partial charge on any atom is 0.106 e. The molecule has 1 aromatic rings. The van der Waals surface area contributed by atoms with Crippen LogP contribution in [-0.4, -0.2) is 15.7 Å². The summed E-state index contributed by atoms with van der Waals surface area (Å²) in [6.45, 7) is 0. The molecule has 0 radical (unpaired) electrons. The number of rotatable bonds is 3. The highest BCUT2D eigenvalue weighted by molar-refractivity contribution is 5.85. The van der Waals surface area contributed by atoms with Crippen molar-refractivity contribution in [3.8, 4) is 0 Å². The van der Waals surface area contributed by atoms with Crippen LogP contribution in [0.25, 0.3) is 0 Å². The Hall–Kier alpha value is -1.37. The van der Waals surface area contributed by atoms with E-state index in [0.29, 0.717) is 0 Å². The molecule has 2 aliphatic rings. The van der Waals surface area contributed by atoms with Gasteiger partial charge in [0, 0.05) is 18.6 Å². The second kappa shape index (κ2) is 8.17. The summed E-state index contributed by atoms with van der Waals surface area (Å²) in [4.78, 5) is 4.12. The van der Waals surface area contributed by atoms with Crippen molar-refractivity contribution >= 4 is 24.8 Å². The summed E-state index contributed by atoms with van der Waals surface area (Å²) in [7, 11) is 0. The quantitative estimate of drug-likeness (QED) is 0.792. The monoisotopic (exact) mass is 329 g/mol. The van der Waals surface area contributed by atoms with E-state index in [9.17, 15) is 0 Å². The first kappa shape index (κ1) is 19.6. The summed E-state index contributed by atoms with van der Waals surface area (Å²) in [5.74, 6) is 0. The van der Waals surface area contributed by atoms with Crippen LogP contribution in [-0.2, 0) is 6.42 Å². The zero-order valence-corrected chi connectivity index (χ0v) is 13.2. The molecule has 7 heteroatoms. The highest BCUT2D eigenvalue weighted by Gasteiger charge is 2.31. The second-order valence-electron chi connectivity index (χ2n) is 4.65. The van der Waals surface area contributed by atoms with Gasteiger partial charge < -0.3 is 11.9 Å². The number of aromatic nitrogens is 1. The van der Waals surface area contributed by atoms with Crippen molar-refractivity contribution in [1.82, 2.24) is 21.6 Å². The fourth-order valence-electron chi connectivity index (χ4n) is 2.22. The molecule has 1 aromatic heterocycles. The van der Waals surface area contributed by atoms with Crippen LogP contribution in [0.1, 0.15) is 12.0 Å². The normalized spacial score (nSPS) is 21.6. The van der Waals surface area contributed by atoms with Crippen molar-refractivity contribution in [3.63, 3.8) is 0 Å². The summed E-state index contributed by atoms with van der Waals surface area (Å²) < 4.78 is 0. The highest BCUT2D eigenvalue weighted by atomic mass is 35.5. The van der Waals surface area contributed by atoms with Crippen molar-refractivity contribution in [2.45, 2.75) is 18.5 Å². The number of nitrogens with one attached hydrogen (secondary N) is 1. The summed E-state index contributed by atoms with van der Waals surface area (Å²) >= 11 is 0. The first-order valence-corrected chi connectivity index (χ1v) is 6.08. The third-order valence-corrected chi connectivity index (χ3v) is 3.18. The molecule has 0 saturated carbocycles. The fourth-order valence-corrected chi connectivity index (χ4v) is 2.22. The molecule has 0 amide bonds. The maximum atomic E-state index is 6.35. The SMILES string of the molecule is Cl.Cl.N.NC1(CCc2cccnc2)C=C2C=CC=CN2N1. The van der Waals surface area contributed by atoms with Gasteiger partial charge in [-0.05, 0) is 42.7 Å². The molecule has 0 spiro atoms. The Labute approximate surface area is 137 Å². The van der Waals surface area contributed by atoms with E-state index in [1.54, 1.807) is 6.20 Å². The van der Waals surface area contributed by atoms with Crippen LogP contribution in [0.2, 0.25) is 0 Å². The van der Waals surface area contributed by atoms with Crippen LogP contribution in [0.15, 0.2) is 60.7 Å². The highest BCUT2D eigenvalue weighted by Crippen LogP contribution is 2.24. The molecule has 0 saturated heterocycles. The number of fused-ring (bicyclic) bond motifs is 1. The standard InChI is InChI=1S/C14H16N4.2ClH.H3N/c15-14(7-6-12-4-3-8-16-11-12)10-13-5-1-2-9-18(13)17-14;;;/h1-5,8-11,17H,6-7,15H2;2*1H;1H3. The molecule has 5 nitrogen and oxygen atoms in total. The Balaban J connectivity index is 0.00000133. The Kier molecular flexibility index (Phi) is 7.63. The predicted molar refractivity (Wildman–Crippen MR) is 90.3 cm³/mol. The van der Waals surface area contributed by atoms with Gasteiger partial charge in [0.2, 0.25) is 0 Å². The van der Waals surface area contributed by atoms with Crippen LogP contribution in [0.3, 0.4) is 0 Å². The molecule has 0 aromatic carbocycles. The second-order valence-corrected chi connectivity index (χ2v) is 4.65. The lowest BCUT2D eigenvalue weighted by Gasteiger charge is -2.26. The lowest BCUT2D eigenvalue weighted by Crippen LogP contribution is -2.52. The fraction of sp³-hybridized carbons (Fsp3) is 0.214. The molecule has 1 atom stereocenters. The summed E-state index contributed by atoms with van der Waals surface area (Å²) in [6, 6.07) is 4.03.